The number of hydrogen-bond acceptors (Lipinski definition) is 6. The first-order valence-electron chi connectivity index (χ1n) is 7.58. The van der Waals surface area contributed by atoms with Crippen LogP contribution in [0.4, 0.5) is 16.2 Å². The van der Waals surface area contributed by atoms with Crippen molar-refractivity contribution in [3.05, 3.63) is 23.8 Å². The van der Waals surface area contributed by atoms with E-state index >= 15 is 0 Å². The molecule has 1 rings (SSSR count). The molecule has 0 aromatic heterocycles. The monoisotopic (exact) mass is 371 g/mol. The van der Waals surface area contributed by atoms with Crippen molar-refractivity contribution >= 4 is 33.2 Å². The molecule has 8 nitrogen and oxygen atoms in total. The van der Waals surface area contributed by atoms with Crippen molar-refractivity contribution in [1.29, 1.82) is 0 Å². The van der Waals surface area contributed by atoms with Crippen LogP contribution in [0.25, 0.3) is 0 Å². The van der Waals surface area contributed by atoms with Gasteiger partial charge in [0, 0.05) is 24.7 Å². The predicted molar refractivity (Wildman–Crippen MR) is 97.0 cm³/mol. The molecule has 3 N–H and O–H groups in total. The second-order valence-electron chi connectivity index (χ2n) is 6.77. The third-order valence-corrected chi connectivity index (χ3v) is 3.87. The summed E-state index contributed by atoms with van der Waals surface area (Å²) < 4.78 is 28.2. The van der Waals surface area contributed by atoms with Gasteiger partial charge in [-0.1, -0.05) is 0 Å². The van der Waals surface area contributed by atoms with Gasteiger partial charge >= 0.3 is 6.09 Å². The van der Waals surface area contributed by atoms with E-state index in [1.165, 1.54) is 18.0 Å². The summed E-state index contributed by atoms with van der Waals surface area (Å²) in [6, 6.07) is 4.66. The molecule has 0 saturated heterocycles. The second kappa shape index (κ2) is 7.73. The van der Waals surface area contributed by atoms with Crippen LogP contribution >= 0.6 is 0 Å². The number of nitrogens with one attached hydrogen (secondary N) is 1. The Kier molecular flexibility index (Phi) is 6.42. The largest absolute Gasteiger partial charge is 0.444 e. The Hall–Kier alpha value is -2.29. The normalized spacial score (nSPS) is 11.7. The van der Waals surface area contributed by atoms with Crippen molar-refractivity contribution in [2.75, 3.05) is 30.5 Å². The number of rotatable bonds is 5. The molecule has 0 aliphatic rings. The number of carbonyl (C=O) groups excluding carboxylic acids is 2. The zero-order valence-corrected chi connectivity index (χ0v) is 15.9. The van der Waals surface area contributed by atoms with Crippen molar-refractivity contribution in [3.63, 3.8) is 0 Å². The van der Waals surface area contributed by atoms with Gasteiger partial charge in [0.2, 0.25) is 5.91 Å². The minimum atomic E-state index is -3.30. The van der Waals surface area contributed by atoms with Crippen LogP contribution in [0.1, 0.15) is 26.3 Å². The summed E-state index contributed by atoms with van der Waals surface area (Å²) in [4.78, 5) is 25.2. The topological polar surface area (TPSA) is 119 Å². The van der Waals surface area contributed by atoms with Crippen LogP contribution in [0, 0.1) is 0 Å². The number of nitrogens with zero attached hydrogens (tertiary/aromatic N) is 1. The molecule has 0 aliphatic carbocycles. The molecule has 0 bridgehead atoms. The minimum absolute atomic E-state index is 0.246. The lowest BCUT2D eigenvalue weighted by molar-refractivity contribution is -0.117. The number of amides is 2. The van der Waals surface area contributed by atoms with Crippen LogP contribution < -0.4 is 16.0 Å². The lowest BCUT2D eigenvalue weighted by atomic mass is 10.1. The van der Waals surface area contributed by atoms with Crippen LogP contribution in [0.3, 0.4) is 0 Å². The number of benzene rings is 1. The Morgan fingerprint density at radius 3 is 2.40 bits per heavy atom. The number of likely N-dealkylation sites (N-methyl/N-ethyl adjacent to an activating group) is 1. The summed E-state index contributed by atoms with van der Waals surface area (Å²) >= 11 is 0. The molecule has 0 radical (unpaired) electrons. The van der Waals surface area contributed by atoms with E-state index in [-0.39, 0.29) is 12.3 Å². The van der Waals surface area contributed by atoms with E-state index in [1.54, 1.807) is 32.9 Å². The second-order valence-corrected chi connectivity index (χ2v) is 8.91. The van der Waals surface area contributed by atoms with Crippen molar-refractivity contribution < 1.29 is 22.7 Å². The first kappa shape index (κ1) is 20.8. The number of sulfone groups is 1. The van der Waals surface area contributed by atoms with E-state index in [2.05, 4.69) is 5.32 Å². The molecule has 140 valence electrons. The molecule has 0 saturated carbocycles. The van der Waals surface area contributed by atoms with Crippen LogP contribution in [-0.4, -0.2) is 45.9 Å². The Labute approximate surface area is 148 Å². The highest BCUT2D eigenvalue weighted by Crippen LogP contribution is 2.24. The van der Waals surface area contributed by atoms with E-state index in [9.17, 15) is 18.0 Å². The molecular weight excluding hydrogens is 346 g/mol. The van der Waals surface area contributed by atoms with Gasteiger partial charge in [-0.3, -0.25) is 4.79 Å². The first-order valence-corrected chi connectivity index (χ1v) is 9.64. The number of alkyl carbamates (subject to hydrolysis) is 1. The number of anilines is 2. The van der Waals surface area contributed by atoms with E-state index in [0.717, 1.165) is 6.26 Å². The average Bonchev–Trinajstić information content (AvgIpc) is 2.40. The number of carbonyl (C=O) groups is 2. The Morgan fingerprint density at radius 2 is 1.88 bits per heavy atom. The molecule has 0 fully saturated rings. The Balaban J connectivity index is 2.87. The van der Waals surface area contributed by atoms with Crippen LogP contribution in [0.5, 0.6) is 0 Å². The van der Waals surface area contributed by atoms with E-state index in [4.69, 9.17) is 10.5 Å². The van der Waals surface area contributed by atoms with Gasteiger partial charge in [0.25, 0.3) is 0 Å². The number of hydrogen-bond donors (Lipinski definition) is 2. The zero-order chi connectivity index (χ0) is 19.4. The van der Waals surface area contributed by atoms with Crippen molar-refractivity contribution in [2.24, 2.45) is 0 Å². The fourth-order valence-electron chi connectivity index (χ4n) is 2.05. The molecule has 1 aromatic rings. The van der Waals surface area contributed by atoms with Gasteiger partial charge in [-0.25, -0.2) is 13.2 Å². The average molecular weight is 371 g/mol. The maximum Gasteiger partial charge on any atom is 0.408 e. The van der Waals surface area contributed by atoms with Crippen molar-refractivity contribution in [2.45, 2.75) is 32.1 Å². The van der Waals surface area contributed by atoms with Crippen LogP contribution in [0.2, 0.25) is 0 Å². The number of nitrogen functional groups attached to an aromatic ring is 1. The molecule has 0 atom stereocenters. The highest BCUT2D eigenvalue weighted by molar-refractivity contribution is 7.89. The van der Waals surface area contributed by atoms with Crippen molar-refractivity contribution in [1.82, 2.24) is 5.32 Å². The molecule has 1 aromatic carbocycles. The van der Waals surface area contributed by atoms with E-state index in [0.29, 0.717) is 16.9 Å². The van der Waals surface area contributed by atoms with Gasteiger partial charge in [-0.2, -0.15) is 0 Å². The molecule has 0 aliphatic heterocycles. The molecular formula is C16H25N3O5S. The predicted octanol–water partition coefficient (Wildman–Crippen LogP) is 1.30. The summed E-state index contributed by atoms with van der Waals surface area (Å²) in [6.45, 7) is 4.86. The van der Waals surface area contributed by atoms with Gasteiger partial charge < -0.3 is 20.7 Å². The quantitative estimate of drug-likeness (QED) is 0.753. The molecule has 0 spiro atoms. The Morgan fingerprint density at radius 1 is 1.28 bits per heavy atom. The molecule has 0 unspecified atom stereocenters. The highest BCUT2D eigenvalue weighted by atomic mass is 32.2. The van der Waals surface area contributed by atoms with Crippen LogP contribution in [0.15, 0.2) is 18.2 Å². The number of nitrogens with two attached hydrogens (primary N) is 1. The van der Waals surface area contributed by atoms with Gasteiger partial charge in [0.15, 0.2) is 9.84 Å². The molecule has 25 heavy (non-hydrogen) atoms. The third-order valence-electron chi connectivity index (χ3n) is 3.04. The minimum Gasteiger partial charge on any atom is -0.444 e. The number of ether oxygens (including phenoxy) is 1. The maximum atomic E-state index is 12.3. The molecule has 0 heterocycles. The summed E-state index contributed by atoms with van der Waals surface area (Å²) in [6.07, 6.45) is 0.397. The van der Waals surface area contributed by atoms with Crippen LogP contribution in [-0.2, 0) is 25.1 Å². The van der Waals surface area contributed by atoms with E-state index < -0.39 is 27.4 Å². The lowest BCUT2D eigenvalue weighted by Crippen LogP contribution is -2.40. The fourth-order valence-corrected chi connectivity index (χ4v) is 2.84. The van der Waals surface area contributed by atoms with Crippen molar-refractivity contribution in [3.8, 4) is 0 Å². The highest BCUT2D eigenvalue weighted by Gasteiger charge is 2.20. The summed E-state index contributed by atoms with van der Waals surface area (Å²) in [5.41, 5.74) is 6.26. The standard InChI is InChI=1S/C16H25N3O5S/c1-16(2,3)24-15(21)18-9-14(20)19(4)13-7-6-12(17)8-11(13)10-25(5,22)23/h6-8H,9-10,17H2,1-5H3,(H,18,21). The molecule has 2 amide bonds. The first-order chi connectivity index (χ1) is 11.3. The SMILES string of the molecule is CN(C(=O)CNC(=O)OC(C)(C)C)c1ccc(N)cc1CS(C)(=O)=O. The third kappa shape index (κ3) is 7.42. The summed E-state index contributed by atoms with van der Waals surface area (Å²) in [7, 11) is -1.81. The lowest BCUT2D eigenvalue weighted by Gasteiger charge is -2.22. The summed E-state index contributed by atoms with van der Waals surface area (Å²) in [5, 5.41) is 2.37. The van der Waals surface area contributed by atoms with Gasteiger partial charge in [-0.15, -0.1) is 0 Å². The van der Waals surface area contributed by atoms with Gasteiger partial charge in [0.05, 0.1) is 5.75 Å². The van der Waals surface area contributed by atoms with Gasteiger partial charge in [-0.05, 0) is 44.5 Å². The maximum absolute atomic E-state index is 12.3. The summed E-state index contributed by atoms with van der Waals surface area (Å²) in [5.74, 6) is -0.671. The molecule has 9 heteroatoms. The van der Waals surface area contributed by atoms with E-state index in [1.807, 2.05) is 0 Å². The smallest absolute Gasteiger partial charge is 0.408 e. The zero-order valence-electron chi connectivity index (χ0n) is 15.1. The Bertz CT molecular complexity index is 754. The fraction of sp³-hybridized carbons (Fsp3) is 0.500. The van der Waals surface area contributed by atoms with Gasteiger partial charge in [0.1, 0.15) is 12.1 Å².